The first kappa shape index (κ1) is 11.8. The summed E-state index contributed by atoms with van der Waals surface area (Å²) >= 11 is 1.97. The minimum absolute atomic E-state index is 0.858. The summed E-state index contributed by atoms with van der Waals surface area (Å²) in [5.74, 6) is 1.18. The maximum atomic E-state index is 4.26. The van der Waals surface area contributed by atoms with Gasteiger partial charge in [0.1, 0.15) is 0 Å². The zero-order chi connectivity index (χ0) is 12.4. The molecule has 3 rings (SSSR count). The fraction of sp³-hybridized carbons (Fsp3) is 0.357. The molecule has 0 bridgehead atoms. The van der Waals surface area contributed by atoms with Gasteiger partial charge in [-0.05, 0) is 30.3 Å². The zero-order valence-electron chi connectivity index (χ0n) is 10.5. The van der Waals surface area contributed by atoms with Gasteiger partial charge in [-0.1, -0.05) is 12.1 Å². The average Bonchev–Trinajstić information content (AvgIpc) is 2.78. The molecular weight excluding hydrogens is 242 g/mol. The van der Waals surface area contributed by atoms with Gasteiger partial charge in [0.25, 0.3) is 0 Å². The number of aromatic nitrogens is 2. The Balaban J connectivity index is 1.84. The maximum absolute atomic E-state index is 4.26. The summed E-state index contributed by atoms with van der Waals surface area (Å²) in [6.07, 6.45) is 3.83. The molecule has 18 heavy (non-hydrogen) atoms. The maximum Gasteiger partial charge on any atom is 0.0659 e. The van der Waals surface area contributed by atoms with Crippen LogP contribution in [0.5, 0.6) is 0 Å². The molecule has 0 fully saturated rings. The second-order valence-electron chi connectivity index (χ2n) is 4.73. The molecule has 1 aliphatic rings. The Kier molecular flexibility index (Phi) is 3.39. The number of rotatable bonds is 2. The van der Waals surface area contributed by atoms with Crippen molar-refractivity contribution in [2.45, 2.75) is 18.0 Å². The molecule has 0 aliphatic carbocycles. The summed E-state index contributed by atoms with van der Waals surface area (Å²) in [5, 5.41) is 4.26. The Morgan fingerprint density at radius 3 is 3.17 bits per heavy atom. The van der Waals surface area contributed by atoms with Gasteiger partial charge in [-0.2, -0.15) is 5.10 Å². The minimum atomic E-state index is 0.858. The largest absolute Gasteiger partial charge is 0.301 e. The third-order valence-corrected chi connectivity index (χ3v) is 4.28. The van der Waals surface area contributed by atoms with Gasteiger partial charge in [0.05, 0.1) is 6.54 Å². The highest BCUT2D eigenvalue weighted by Gasteiger charge is 2.12. The molecule has 0 saturated heterocycles. The molecule has 0 amide bonds. The highest BCUT2D eigenvalue weighted by Crippen LogP contribution is 2.28. The van der Waals surface area contributed by atoms with Gasteiger partial charge in [0, 0.05) is 36.1 Å². The quantitative estimate of drug-likeness (QED) is 0.826. The van der Waals surface area contributed by atoms with Crippen molar-refractivity contribution in [3.8, 4) is 0 Å². The van der Waals surface area contributed by atoms with Crippen LogP contribution < -0.4 is 0 Å². The van der Waals surface area contributed by atoms with Crippen LogP contribution in [0.25, 0.3) is 0 Å². The molecule has 0 saturated carbocycles. The predicted molar refractivity (Wildman–Crippen MR) is 74.8 cm³/mol. The fourth-order valence-electron chi connectivity index (χ4n) is 2.22. The number of hydrogen-bond acceptors (Lipinski definition) is 3. The standard InChI is InChI=1S/C14H17N3S/c1-16-7-8-18-14-9-12(3-4-13(14)11-16)10-17-6-2-5-15-17/h2-6,9H,7-8,10-11H2,1H3. The topological polar surface area (TPSA) is 21.1 Å². The van der Waals surface area contributed by atoms with Crippen molar-refractivity contribution in [3.05, 3.63) is 47.8 Å². The molecule has 1 aliphatic heterocycles. The summed E-state index contributed by atoms with van der Waals surface area (Å²) in [7, 11) is 2.19. The van der Waals surface area contributed by atoms with Gasteiger partial charge in [-0.3, -0.25) is 4.68 Å². The van der Waals surface area contributed by atoms with Crippen LogP contribution in [0.2, 0.25) is 0 Å². The number of fused-ring (bicyclic) bond motifs is 1. The smallest absolute Gasteiger partial charge is 0.0659 e. The minimum Gasteiger partial charge on any atom is -0.301 e. The molecular formula is C14H17N3S. The second kappa shape index (κ2) is 5.16. The molecule has 0 N–H and O–H groups in total. The summed E-state index contributed by atoms with van der Waals surface area (Å²) in [4.78, 5) is 3.82. The van der Waals surface area contributed by atoms with Crippen molar-refractivity contribution < 1.29 is 0 Å². The van der Waals surface area contributed by atoms with E-state index < -0.39 is 0 Å². The van der Waals surface area contributed by atoms with Crippen molar-refractivity contribution in [1.82, 2.24) is 14.7 Å². The fourth-order valence-corrected chi connectivity index (χ4v) is 3.40. The highest BCUT2D eigenvalue weighted by atomic mass is 32.2. The SMILES string of the molecule is CN1CCSc2cc(Cn3cccn3)ccc2C1. The van der Waals surface area contributed by atoms with Crippen molar-refractivity contribution >= 4 is 11.8 Å². The summed E-state index contributed by atoms with van der Waals surface area (Å²) < 4.78 is 1.97. The van der Waals surface area contributed by atoms with Gasteiger partial charge in [-0.15, -0.1) is 11.8 Å². The van der Waals surface area contributed by atoms with E-state index in [0.29, 0.717) is 0 Å². The molecule has 1 aromatic heterocycles. The van der Waals surface area contributed by atoms with Gasteiger partial charge >= 0.3 is 0 Å². The molecule has 1 aromatic carbocycles. The lowest BCUT2D eigenvalue weighted by molar-refractivity contribution is 0.349. The molecule has 0 radical (unpaired) electrons. The normalized spacial score (nSPS) is 16.3. The molecule has 4 heteroatoms. The van der Waals surface area contributed by atoms with Crippen molar-refractivity contribution in [3.63, 3.8) is 0 Å². The van der Waals surface area contributed by atoms with Gasteiger partial charge in [0.2, 0.25) is 0 Å². The third kappa shape index (κ3) is 2.60. The molecule has 0 spiro atoms. The summed E-state index contributed by atoms with van der Waals surface area (Å²) in [6, 6.07) is 8.78. The van der Waals surface area contributed by atoms with E-state index in [9.17, 15) is 0 Å². The average molecular weight is 259 g/mol. The van der Waals surface area contributed by atoms with Crippen LogP contribution in [-0.4, -0.2) is 34.0 Å². The van der Waals surface area contributed by atoms with E-state index in [1.54, 1.807) is 0 Å². The molecule has 2 aromatic rings. The van der Waals surface area contributed by atoms with Crippen LogP contribution in [0.1, 0.15) is 11.1 Å². The van der Waals surface area contributed by atoms with Gasteiger partial charge < -0.3 is 4.90 Å². The molecule has 2 heterocycles. The van der Waals surface area contributed by atoms with E-state index in [0.717, 1.165) is 19.6 Å². The lowest BCUT2D eigenvalue weighted by atomic mass is 10.1. The summed E-state index contributed by atoms with van der Waals surface area (Å²) in [6.45, 7) is 3.08. The molecule has 0 unspecified atom stereocenters. The highest BCUT2D eigenvalue weighted by molar-refractivity contribution is 7.99. The monoisotopic (exact) mass is 259 g/mol. The number of nitrogens with zero attached hydrogens (tertiary/aromatic N) is 3. The van der Waals surface area contributed by atoms with Crippen LogP contribution in [-0.2, 0) is 13.1 Å². The Hall–Kier alpha value is -1.26. The zero-order valence-corrected chi connectivity index (χ0v) is 11.4. The van der Waals surface area contributed by atoms with Crippen LogP contribution in [0, 0.1) is 0 Å². The Morgan fingerprint density at radius 1 is 1.39 bits per heavy atom. The number of thioether (sulfide) groups is 1. The van der Waals surface area contributed by atoms with Crippen LogP contribution in [0.3, 0.4) is 0 Å². The molecule has 3 nitrogen and oxygen atoms in total. The predicted octanol–water partition coefficient (Wildman–Crippen LogP) is 2.47. The van der Waals surface area contributed by atoms with Crippen LogP contribution >= 0.6 is 11.8 Å². The van der Waals surface area contributed by atoms with Gasteiger partial charge in [-0.25, -0.2) is 0 Å². The van der Waals surface area contributed by atoms with Gasteiger partial charge in [0.15, 0.2) is 0 Å². The first-order valence-electron chi connectivity index (χ1n) is 6.22. The molecule has 94 valence electrons. The van der Waals surface area contributed by atoms with E-state index in [-0.39, 0.29) is 0 Å². The first-order valence-corrected chi connectivity index (χ1v) is 7.20. The van der Waals surface area contributed by atoms with Crippen LogP contribution in [0.4, 0.5) is 0 Å². The van der Waals surface area contributed by atoms with Crippen molar-refractivity contribution in [2.24, 2.45) is 0 Å². The Bertz CT molecular complexity index is 522. The van der Waals surface area contributed by atoms with Crippen molar-refractivity contribution in [2.75, 3.05) is 19.3 Å². The van der Waals surface area contributed by atoms with E-state index in [4.69, 9.17) is 0 Å². The van der Waals surface area contributed by atoms with Crippen molar-refractivity contribution in [1.29, 1.82) is 0 Å². The molecule has 0 atom stereocenters. The summed E-state index contributed by atoms with van der Waals surface area (Å²) in [5.41, 5.74) is 2.78. The van der Waals surface area contributed by atoms with E-state index in [2.05, 4.69) is 35.2 Å². The van der Waals surface area contributed by atoms with E-state index in [1.807, 2.05) is 34.9 Å². The Labute approximate surface area is 112 Å². The van der Waals surface area contributed by atoms with Crippen LogP contribution in [0.15, 0.2) is 41.6 Å². The lowest BCUT2D eigenvalue weighted by Crippen LogP contribution is -2.18. The first-order chi connectivity index (χ1) is 8.81. The Morgan fingerprint density at radius 2 is 2.33 bits per heavy atom. The third-order valence-electron chi connectivity index (χ3n) is 3.21. The number of benzene rings is 1. The van der Waals surface area contributed by atoms with E-state index >= 15 is 0 Å². The lowest BCUT2D eigenvalue weighted by Gasteiger charge is -2.13. The second-order valence-corrected chi connectivity index (χ2v) is 5.87. The van der Waals surface area contributed by atoms with E-state index in [1.165, 1.54) is 21.8 Å². The number of hydrogen-bond donors (Lipinski definition) is 0.